The van der Waals surface area contributed by atoms with Gasteiger partial charge in [0.15, 0.2) is 0 Å². The molecule has 0 heterocycles. The number of hydrogen-bond donors (Lipinski definition) is 0. The minimum absolute atomic E-state index is 0.481. The molecule has 0 amide bonds. The van der Waals surface area contributed by atoms with Gasteiger partial charge in [-0.15, -0.1) is 11.8 Å². The Morgan fingerprint density at radius 2 is 2.09 bits per heavy atom. The molecule has 1 aliphatic rings. The topological polar surface area (TPSA) is 9.23 Å². The zero-order valence-electron chi connectivity index (χ0n) is 7.23. The normalized spacial score (nSPS) is 24.6. The molecular formula is C10H16O. The van der Waals surface area contributed by atoms with Crippen LogP contribution in [0.15, 0.2) is 0 Å². The molecule has 1 unspecified atom stereocenters. The maximum Gasteiger partial charge on any atom is 0.0584 e. The molecule has 1 nitrogen and oxygen atoms in total. The predicted molar refractivity (Wildman–Crippen MR) is 46.3 cm³/mol. The number of rotatable bonds is 2. The molecule has 11 heavy (non-hydrogen) atoms. The summed E-state index contributed by atoms with van der Waals surface area (Å²) >= 11 is 0. The monoisotopic (exact) mass is 152 g/mol. The highest BCUT2D eigenvalue weighted by molar-refractivity contribution is 5.00. The fourth-order valence-electron chi connectivity index (χ4n) is 1.37. The van der Waals surface area contributed by atoms with Crippen LogP contribution >= 0.6 is 0 Å². The van der Waals surface area contributed by atoms with E-state index < -0.39 is 0 Å². The Bertz CT molecular complexity index is 152. The van der Waals surface area contributed by atoms with Crippen LogP contribution in [0.1, 0.15) is 39.0 Å². The maximum absolute atomic E-state index is 5.55. The predicted octanol–water partition coefficient (Wildman–Crippen LogP) is 2.36. The van der Waals surface area contributed by atoms with Crippen molar-refractivity contribution in [2.45, 2.75) is 45.1 Å². The van der Waals surface area contributed by atoms with Crippen LogP contribution in [-0.4, -0.2) is 12.7 Å². The first kappa shape index (κ1) is 8.62. The smallest absolute Gasteiger partial charge is 0.0584 e. The first-order valence-electron chi connectivity index (χ1n) is 4.51. The van der Waals surface area contributed by atoms with E-state index in [9.17, 15) is 0 Å². The summed E-state index contributed by atoms with van der Waals surface area (Å²) in [5.41, 5.74) is 0. The molecule has 0 aromatic rings. The average Bonchev–Trinajstić information content (AvgIpc) is 1.94. The van der Waals surface area contributed by atoms with Crippen LogP contribution in [0.25, 0.3) is 0 Å². The van der Waals surface area contributed by atoms with Gasteiger partial charge < -0.3 is 4.74 Å². The Labute approximate surface area is 69.1 Å². The molecule has 0 bridgehead atoms. The Balaban J connectivity index is 2.27. The van der Waals surface area contributed by atoms with Crippen molar-refractivity contribution in [2.75, 3.05) is 6.61 Å². The summed E-state index contributed by atoms with van der Waals surface area (Å²) in [5.74, 6) is 6.29. The molecule has 1 heteroatoms. The summed E-state index contributed by atoms with van der Waals surface area (Å²) in [7, 11) is 0. The third kappa shape index (κ3) is 3.43. The van der Waals surface area contributed by atoms with Crippen molar-refractivity contribution in [2.24, 2.45) is 0 Å². The van der Waals surface area contributed by atoms with E-state index in [0.717, 1.165) is 25.9 Å². The first-order valence-corrected chi connectivity index (χ1v) is 4.51. The van der Waals surface area contributed by atoms with Gasteiger partial charge in [-0.25, -0.2) is 0 Å². The molecule has 0 spiro atoms. The lowest BCUT2D eigenvalue weighted by Crippen LogP contribution is -2.13. The fraction of sp³-hybridized carbons (Fsp3) is 0.800. The van der Waals surface area contributed by atoms with Gasteiger partial charge in [0.1, 0.15) is 0 Å². The van der Waals surface area contributed by atoms with Gasteiger partial charge in [0.05, 0.1) is 6.10 Å². The van der Waals surface area contributed by atoms with Crippen LogP contribution < -0.4 is 0 Å². The molecular weight excluding hydrogens is 136 g/mol. The quantitative estimate of drug-likeness (QED) is 0.552. The second-order valence-electron chi connectivity index (χ2n) is 2.86. The Morgan fingerprint density at radius 3 is 2.91 bits per heavy atom. The average molecular weight is 152 g/mol. The lowest BCUT2D eigenvalue weighted by molar-refractivity contribution is 0.0503. The number of ether oxygens (including phenoxy) is 1. The van der Waals surface area contributed by atoms with Gasteiger partial charge in [-0.1, -0.05) is 0 Å². The molecule has 1 rings (SSSR count). The van der Waals surface area contributed by atoms with Crippen LogP contribution in [0.5, 0.6) is 0 Å². The highest BCUT2D eigenvalue weighted by atomic mass is 16.5. The van der Waals surface area contributed by atoms with Crippen molar-refractivity contribution in [3.8, 4) is 11.8 Å². The van der Waals surface area contributed by atoms with E-state index in [-0.39, 0.29) is 0 Å². The van der Waals surface area contributed by atoms with Crippen molar-refractivity contribution >= 4 is 0 Å². The zero-order chi connectivity index (χ0) is 7.94. The molecule has 0 saturated carbocycles. The maximum atomic E-state index is 5.55. The lowest BCUT2D eigenvalue weighted by Gasteiger charge is -2.15. The Hall–Kier alpha value is -0.480. The molecule has 0 aromatic carbocycles. The summed E-state index contributed by atoms with van der Waals surface area (Å²) in [6.07, 6.45) is 6.09. The largest absolute Gasteiger partial charge is 0.378 e. The van der Waals surface area contributed by atoms with E-state index in [1.54, 1.807) is 0 Å². The van der Waals surface area contributed by atoms with Crippen molar-refractivity contribution in [1.82, 2.24) is 0 Å². The molecule has 0 radical (unpaired) electrons. The van der Waals surface area contributed by atoms with Crippen molar-refractivity contribution in [3.05, 3.63) is 0 Å². The van der Waals surface area contributed by atoms with Gasteiger partial charge in [-0.05, 0) is 26.2 Å². The van der Waals surface area contributed by atoms with Crippen molar-refractivity contribution in [1.29, 1.82) is 0 Å². The first-order chi connectivity index (χ1) is 5.43. The van der Waals surface area contributed by atoms with Crippen LogP contribution in [0.3, 0.4) is 0 Å². The van der Waals surface area contributed by atoms with Crippen molar-refractivity contribution < 1.29 is 4.74 Å². The fourth-order valence-corrected chi connectivity index (χ4v) is 1.37. The molecule has 0 N–H and O–H groups in total. The second-order valence-corrected chi connectivity index (χ2v) is 2.86. The van der Waals surface area contributed by atoms with Gasteiger partial charge in [0, 0.05) is 19.4 Å². The lowest BCUT2D eigenvalue weighted by atomic mass is 10.0. The molecule has 0 aromatic heterocycles. The zero-order valence-corrected chi connectivity index (χ0v) is 7.23. The summed E-state index contributed by atoms with van der Waals surface area (Å²) in [6, 6.07) is 0. The van der Waals surface area contributed by atoms with Crippen molar-refractivity contribution in [3.63, 3.8) is 0 Å². The SMILES string of the molecule is CCOC1CCC#CCCC1. The second kappa shape index (κ2) is 5.21. The van der Waals surface area contributed by atoms with Gasteiger partial charge in [0.2, 0.25) is 0 Å². The van der Waals surface area contributed by atoms with E-state index in [2.05, 4.69) is 18.8 Å². The summed E-state index contributed by atoms with van der Waals surface area (Å²) in [5, 5.41) is 0. The van der Waals surface area contributed by atoms with Gasteiger partial charge in [-0.2, -0.15) is 0 Å². The Kier molecular flexibility index (Phi) is 4.08. The van der Waals surface area contributed by atoms with Gasteiger partial charge in [0.25, 0.3) is 0 Å². The molecule has 62 valence electrons. The minimum atomic E-state index is 0.481. The minimum Gasteiger partial charge on any atom is -0.378 e. The standard InChI is InChI=1S/C10H16O/c1-2-11-10-8-6-4-3-5-7-9-10/h10H,2,4,6-9H2,1H3. The molecule has 1 atom stereocenters. The molecule has 1 aliphatic carbocycles. The van der Waals surface area contributed by atoms with Crippen LogP contribution in [-0.2, 0) is 4.74 Å². The summed E-state index contributed by atoms with van der Waals surface area (Å²) < 4.78 is 5.55. The van der Waals surface area contributed by atoms with Crippen LogP contribution in [0.4, 0.5) is 0 Å². The van der Waals surface area contributed by atoms with E-state index in [1.165, 1.54) is 12.8 Å². The summed E-state index contributed by atoms with van der Waals surface area (Å²) in [6.45, 7) is 2.91. The Morgan fingerprint density at radius 1 is 1.27 bits per heavy atom. The summed E-state index contributed by atoms with van der Waals surface area (Å²) in [4.78, 5) is 0. The van der Waals surface area contributed by atoms with E-state index in [4.69, 9.17) is 4.74 Å². The van der Waals surface area contributed by atoms with Gasteiger partial charge in [-0.3, -0.25) is 0 Å². The molecule has 0 fully saturated rings. The van der Waals surface area contributed by atoms with E-state index in [1.807, 2.05) is 0 Å². The van der Waals surface area contributed by atoms with E-state index in [0.29, 0.717) is 6.10 Å². The van der Waals surface area contributed by atoms with E-state index >= 15 is 0 Å². The van der Waals surface area contributed by atoms with Crippen LogP contribution in [0, 0.1) is 11.8 Å². The highest BCUT2D eigenvalue weighted by Crippen LogP contribution is 2.12. The third-order valence-corrected chi connectivity index (χ3v) is 1.95. The van der Waals surface area contributed by atoms with Crippen LogP contribution in [0.2, 0.25) is 0 Å². The molecule has 0 saturated heterocycles. The third-order valence-electron chi connectivity index (χ3n) is 1.95. The number of hydrogen-bond acceptors (Lipinski definition) is 1. The molecule has 0 aliphatic heterocycles. The highest BCUT2D eigenvalue weighted by Gasteiger charge is 2.07. The van der Waals surface area contributed by atoms with Gasteiger partial charge >= 0.3 is 0 Å².